The summed E-state index contributed by atoms with van der Waals surface area (Å²) in [6.07, 6.45) is 4.78. The minimum Gasteiger partial charge on any atom is -0.790 e. The first-order valence-corrected chi connectivity index (χ1v) is 10.7. The summed E-state index contributed by atoms with van der Waals surface area (Å²) in [5, 5.41) is 0.389. The van der Waals surface area contributed by atoms with Gasteiger partial charge in [-0.25, -0.2) is 8.96 Å². The third-order valence-corrected chi connectivity index (χ3v) is 4.95. The molecule has 9 heteroatoms. The van der Waals surface area contributed by atoms with Gasteiger partial charge in [0.25, 0.3) is 0 Å². The van der Waals surface area contributed by atoms with Crippen LogP contribution in [0.4, 0.5) is 4.39 Å². The first kappa shape index (κ1) is 23.6. The first-order chi connectivity index (χ1) is 12.6. The van der Waals surface area contributed by atoms with Crippen LogP contribution in [0.15, 0.2) is 41.6 Å². The van der Waals surface area contributed by atoms with E-state index in [1.807, 2.05) is 41.2 Å². The van der Waals surface area contributed by atoms with Gasteiger partial charge in [-0.05, 0) is 31.0 Å². The summed E-state index contributed by atoms with van der Waals surface area (Å²) < 4.78 is 30.9. The normalized spacial score (nSPS) is 12.1. The van der Waals surface area contributed by atoms with Gasteiger partial charge in [-0.15, -0.1) is 11.8 Å². The van der Waals surface area contributed by atoms with Gasteiger partial charge in [0.05, 0.1) is 20.5 Å². The Balaban J connectivity index is 0.00000108. The van der Waals surface area contributed by atoms with Crippen molar-refractivity contribution in [2.45, 2.75) is 43.9 Å². The molecule has 0 amide bonds. The fourth-order valence-corrected chi connectivity index (χ4v) is 3.17. The predicted molar refractivity (Wildman–Crippen MR) is 101 cm³/mol. The van der Waals surface area contributed by atoms with Crippen LogP contribution in [-0.4, -0.2) is 17.3 Å². The van der Waals surface area contributed by atoms with Gasteiger partial charge in [0.15, 0.2) is 18.2 Å². The largest absolute Gasteiger partial charge is 1.00 e. The average Bonchev–Trinajstić information content (AvgIpc) is 2.61. The summed E-state index contributed by atoms with van der Waals surface area (Å²) in [4.78, 5) is 25.0. The molecule has 27 heavy (non-hydrogen) atoms. The van der Waals surface area contributed by atoms with E-state index in [2.05, 4.69) is 20.8 Å². The number of hydrogen-bond acceptors (Lipinski definition) is 5. The lowest BCUT2D eigenvalue weighted by Crippen LogP contribution is -2.32. The molecule has 0 saturated carbocycles. The number of halogens is 1. The highest BCUT2D eigenvalue weighted by Crippen LogP contribution is 2.33. The van der Waals surface area contributed by atoms with Crippen LogP contribution in [0.2, 0.25) is 0 Å². The molecule has 1 N–H and O–H groups in total. The fourth-order valence-electron chi connectivity index (χ4n) is 2.16. The van der Waals surface area contributed by atoms with Crippen molar-refractivity contribution < 1.29 is 34.4 Å². The Morgan fingerprint density at radius 2 is 2.00 bits per heavy atom. The van der Waals surface area contributed by atoms with Crippen molar-refractivity contribution in [3.8, 4) is 16.9 Å². The smallest absolute Gasteiger partial charge is 0.790 e. The maximum Gasteiger partial charge on any atom is 1.00 e. The molecule has 1 heterocycles. The number of aryl methyl sites for hydroxylation is 1. The van der Waals surface area contributed by atoms with E-state index in [9.17, 15) is 4.39 Å². The summed E-state index contributed by atoms with van der Waals surface area (Å²) in [5.74, 6) is 0.586. The molecular formula is C18H25FNO5PS. The molecule has 6 nitrogen and oxygen atoms in total. The van der Waals surface area contributed by atoms with E-state index in [0.717, 1.165) is 24.3 Å². The van der Waals surface area contributed by atoms with Crippen LogP contribution < -0.4 is 19.1 Å². The van der Waals surface area contributed by atoms with E-state index in [4.69, 9.17) is 24.0 Å². The zero-order valence-corrected chi connectivity index (χ0v) is 17.4. The average molecular weight is 417 g/mol. The molecule has 0 aliphatic carbocycles. The lowest BCUT2D eigenvalue weighted by Gasteiger charge is -2.19. The maximum atomic E-state index is 14.9. The number of hydrogen-bond donors (Lipinski definition) is 1. The van der Waals surface area contributed by atoms with Crippen LogP contribution in [0.5, 0.6) is 5.75 Å². The van der Waals surface area contributed by atoms with E-state index in [0.29, 0.717) is 15.7 Å². The van der Waals surface area contributed by atoms with Crippen LogP contribution in [0, 0.1) is 5.82 Å². The van der Waals surface area contributed by atoms with Crippen LogP contribution in [-0.2, 0) is 11.1 Å². The molecule has 0 bridgehead atoms. The zero-order chi connectivity index (χ0) is 20.6. The molecule has 1 atom stereocenters. The Bertz CT molecular complexity index is 797. The Morgan fingerprint density at radius 3 is 2.52 bits per heavy atom. The fraction of sp³-hybridized carbons (Fsp3) is 0.389. The molecule has 2 rings (SSSR count). The van der Waals surface area contributed by atoms with Crippen molar-refractivity contribution in [3.05, 3.63) is 42.5 Å². The van der Waals surface area contributed by atoms with Gasteiger partial charge in [0, 0.05) is 5.25 Å². The number of benzene rings is 1. The molecule has 1 aromatic heterocycles. The predicted octanol–water partition coefficient (Wildman–Crippen LogP) is 2.62. The lowest BCUT2D eigenvalue weighted by atomic mass is 10.1. The molecule has 1 unspecified atom stereocenters. The minimum atomic E-state index is -5.14. The highest BCUT2D eigenvalue weighted by Gasteiger charge is 2.19. The second-order valence-electron chi connectivity index (χ2n) is 5.72. The second-order valence-corrected chi connectivity index (χ2v) is 8.14. The summed E-state index contributed by atoms with van der Waals surface area (Å²) in [7, 11) is -3.52. The van der Waals surface area contributed by atoms with Crippen molar-refractivity contribution >= 4 is 19.6 Å². The number of rotatable bonds is 6. The van der Waals surface area contributed by atoms with Gasteiger partial charge in [0.2, 0.25) is 0 Å². The highest BCUT2D eigenvalue weighted by atomic mass is 32.2. The standard InChI is InChI=1S/C18H23FNOS.H3O4P/c1-5-13(3)22-17-12-20(6-2)11-16(18(17)19)14-8-7-9-15(10-14)21-4;1-5(2,3)4/h7-13H,5-6H2,1-4H3;(H3,1,2,3,4)/q+1;/p-1. The van der Waals surface area contributed by atoms with Crippen molar-refractivity contribution in [2.75, 3.05) is 7.11 Å². The van der Waals surface area contributed by atoms with Gasteiger partial charge in [-0.1, -0.05) is 26.0 Å². The monoisotopic (exact) mass is 417 g/mol. The highest BCUT2D eigenvalue weighted by molar-refractivity contribution is 7.99. The van der Waals surface area contributed by atoms with Crippen LogP contribution in [0.25, 0.3) is 11.1 Å². The third kappa shape index (κ3) is 8.41. The molecule has 0 aliphatic rings. The van der Waals surface area contributed by atoms with Gasteiger partial charge in [-0.2, -0.15) is 0 Å². The van der Waals surface area contributed by atoms with Crippen LogP contribution >= 0.6 is 19.6 Å². The molecule has 0 aliphatic heterocycles. The molecule has 150 valence electrons. The maximum absolute atomic E-state index is 14.9. The number of thioether (sulfide) groups is 1. The summed E-state index contributed by atoms with van der Waals surface area (Å²) in [6, 6.07) is 7.54. The van der Waals surface area contributed by atoms with E-state index < -0.39 is 7.82 Å². The number of nitrogens with zero attached hydrogens (tertiary/aromatic N) is 1. The van der Waals surface area contributed by atoms with Gasteiger partial charge in [0.1, 0.15) is 17.2 Å². The van der Waals surface area contributed by atoms with Crippen LogP contribution in [0.1, 0.15) is 28.6 Å². The number of phosphoric acid groups is 1. The quantitative estimate of drug-likeness (QED) is 0.441. The number of pyridine rings is 1. The van der Waals surface area contributed by atoms with Gasteiger partial charge in [-0.3, -0.25) is 0 Å². The van der Waals surface area contributed by atoms with E-state index in [1.165, 1.54) is 0 Å². The van der Waals surface area contributed by atoms with E-state index >= 15 is 0 Å². The van der Waals surface area contributed by atoms with Gasteiger partial charge >= 0.3 is 1.43 Å². The topological polar surface area (TPSA) is 96.5 Å². The van der Waals surface area contributed by atoms with Gasteiger partial charge < -0.3 is 24.0 Å². The second kappa shape index (κ2) is 10.8. The summed E-state index contributed by atoms with van der Waals surface area (Å²) in [5.41, 5.74) is 1.46. The van der Waals surface area contributed by atoms with Crippen molar-refractivity contribution in [1.82, 2.24) is 0 Å². The van der Waals surface area contributed by atoms with Crippen LogP contribution in [0.3, 0.4) is 0 Å². The third-order valence-electron chi connectivity index (χ3n) is 3.68. The molecule has 0 fully saturated rings. The molecule has 0 spiro atoms. The number of methoxy groups -OCH3 is 1. The Kier molecular flexibility index (Phi) is 9.42. The van der Waals surface area contributed by atoms with Crippen molar-refractivity contribution in [3.63, 3.8) is 0 Å². The lowest BCUT2D eigenvalue weighted by molar-refractivity contribution is -0.695. The first-order valence-electron chi connectivity index (χ1n) is 8.37. The molecule has 0 radical (unpaired) electrons. The molecule has 1 aromatic carbocycles. The molecular weight excluding hydrogens is 392 g/mol. The Hall–Kier alpha value is -1.44. The SMILES string of the molecule is CCC(C)Sc1c[n+](CC)cc(-c2cccc(OC)c2)c1F.O=P([O-])([O-])O.[H+]. The molecule has 2 aromatic rings. The number of aromatic nitrogens is 1. The van der Waals surface area contributed by atoms with Crippen molar-refractivity contribution in [2.24, 2.45) is 0 Å². The summed E-state index contributed by atoms with van der Waals surface area (Å²) in [6.45, 7) is 7.12. The van der Waals surface area contributed by atoms with E-state index in [-0.39, 0.29) is 7.24 Å². The Labute approximate surface area is 164 Å². The Morgan fingerprint density at radius 1 is 1.37 bits per heavy atom. The van der Waals surface area contributed by atoms with E-state index in [1.54, 1.807) is 18.9 Å². The van der Waals surface area contributed by atoms with Crippen molar-refractivity contribution in [1.29, 1.82) is 0 Å². The summed E-state index contributed by atoms with van der Waals surface area (Å²) >= 11 is 1.59. The zero-order valence-electron chi connectivity index (χ0n) is 16.7. The molecule has 0 saturated heterocycles. The number of ether oxygens (including phenoxy) is 1. The minimum absolute atomic E-state index is 0.